The van der Waals surface area contributed by atoms with Crippen LogP contribution in [0.2, 0.25) is 10.0 Å². The van der Waals surface area contributed by atoms with Gasteiger partial charge in [0.15, 0.2) is 5.69 Å². The Balaban J connectivity index is 1.46. The van der Waals surface area contributed by atoms with Gasteiger partial charge < -0.3 is 9.80 Å². The summed E-state index contributed by atoms with van der Waals surface area (Å²) in [6, 6.07) is 15.0. The molecule has 4 rings (SSSR count). The van der Waals surface area contributed by atoms with Crippen molar-refractivity contribution in [2.45, 2.75) is 6.92 Å². The number of halogens is 2. The van der Waals surface area contributed by atoms with E-state index in [2.05, 4.69) is 15.2 Å². The highest BCUT2D eigenvalue weighted by Gasteiger charge is 2.26. The van der Waals surface area contributed by atoms with Crippen LogP contribution in [0, 0.1) is 6.92 Å². The molecule has 0 aliphatic carbocycles. The van der Waals surface area contributed by atoms with Gasteiger partial charge in [-0.15, -0.1) is 5.10 Å². The van der Waals surface area contributed by atoms with Crippen molar-refractivity contribution in [3.63, 3.8) is 0 Å². The number of benzene rings is 2. The van der Waals surface area contributed by atoms with Gasteiger partial charge in [0.25, 0.3) is 5.91 Å². The quantitative estimate of drug-likeness (QED) is 0.651. The average Bonchev–Trinajstić information content (AvgIpc) is 3.09. The van der Waals surface area contributed by atoms with Crippen molar-refractivity contribution >= 4 is 34.8 Å². The molecule has 1 saturated heterocycles. The first-order valence-electron chi connectivity index (χ1n) is 9.01. The Morgan fingerprint density at radius 1 is 0.929 bits per heavy atom. The number of piperazine rings is 1. The van der Waals surface area contributed by atoms with Gasteiger partial charge in [0.1, 0.15) is 0 Å². The van der Waals surface area contributed by atoms with Gasteiger partial charge in [-0.2, -0.15) is 0 Å². The molecule has 1 aliphatic heterocycles. The summed E-state index contributed by atoms with van der Waals surface area (Å²) >= 11 is 12.0. The van der Waals surface area contributed by atoms with E-state index in [9.17, 15) is 4.79 Å². The van der Waals surface area contributed by atoms with E-state index in [4.69, 9.17) is 23.2 Å². The molecule has 0 saturated carbocycles. The molecule has 0 N–H and O–H groups in total. The molecule has 1 aliphatic rings. The molecule has 6 nitrogen and oxygen atoms in total. The molecular formula is C20H19Cl2N5O. The molecule has 1 aromatic heterocycles. The second-order valence-electron chi connectivity index (χ2n) is 6.67. The lowest BCUT2D eigenvalue weighted by atomic mass is 10.2. The summed E-state index contributed by atoms with van der Waals surface area (Å²) in [5.74, 6) is -0.0940. The van der Waals surface area contributed by atoms with Crippen LogP contribution in [0.1, 0.15) is 16.2 Å². The van der Waals surface area contributed by atoms with Gasteiger partial charge in [0, 0.05) is 41.9 Å². The third-order valence-corrected chi connectivity index (χ3v) is 5.40. The second-order valence-corrected chi connectivity index (χ2v) is 7.54. The first-order chi connectivity index (χ1) is 13.5. The second kappa shape index (κ2) is 7.81. The van der Waals surface area contributed by atoms with Crippen LogP contribution in [0.15, 0.2) is 48.5 Å². The Hall–Kier alpha value is -2.57. The zero-order valence-corrected chi connectivity index (χ0v) is 16.9. The van der Waals surface area contributed by atoms with E-state index in [1.807, 2.05) is 48.2 Å². The number of amides is 1. The molecule has 144 valence electrons. The summed E-state index contributed by atoms with van der Waals surface area (Å²) in [7, 11) is 0. The van der Waals surface area contributed by atoms with E-state index in [1.54, 1.807) is 16.8 Å². The Morgan fingerprint density at radius 2 is 1.64 bits per heavy atom. The van der Waals surface area contributed by atoms with Crippen LogP contribution < -0.4 is 4.90 Å². The van der Waals surface area contributed by atoms with Crippen molar-refractivity contribution in [1.29, 1.82) is 0 Å². The van der Waals surface area contributed by atoms with Crippen molar-refractivity contribution in [3.8, 4) is 5.69 Å². The Morgan fingerprint density at radius 3 is 2.32 bits per heavy atom. The SMILES string of the molecule is Cc1c(C(=O)N2CCN(c3cccc(Cl)c3)CC2)nnn1-c1ccc(Cl)cc1. The van der Waals surface area contributed by atoms with Crippen LogP contribution in [0.4, 0.5) is 5.69 Å². The fraction of sp³-hybridized carbons (Fsp3) is 0.250. The Labute approximate surface area is 173 Å². The van der Waals surface area contributed by atoms with Gasteiger partial charge in [0.05, 0.1) is 11.4 Å². The fourth-order valence-electron chi connectivity index (χ4n) is 3.34. The lowest BCUT2D eigenvalue weighted by Crippen LogP contribution is -2.49. The summed E-state index contributed by atoms with van der Waals surface area (Å²) < 4.78 is 1.66. The fourth-order valence-corrected chi connectivity index (χ4v) is 3.66. The lowest BCUT2D eigenvalue weighted by Gasteiger charge is -2.35. The highest BCUT2D eigenvalue weighted by Crippen LogP contribution is 2.22. The molecule has 3 aromatic rings. The van der Waals surface area contributed by atoms with Crippen molar-refractivity contribution < 1.29 is 4.79 Å². The van der Waals surface area contributed by atoms with Crippen molar-refractivity contribution in [2.24, 2.45) is 0 Å². The van der Waals surface area contributed by atoms with Gasteiger partial charge in [-0.3, -0.25) is 4.79 Å². The highest BCUT2D eigenvalue weighted by molar-refractivity contribution is 6.31. The number of carbonyl (C=O) groups excluding carboxylic acids is 1. The molecule has 2 heterocycles. The third kappa shape index (κ3) is 3.70. The minimum Gasteiger partial charge on any atom is -0.368 e. The van der Waals surface area contributed by atoms with Crippen LogP contribution in [0.5, 0.6) is 0 Å². The van der Waals surface area contributed by atoms with Gasteiger partial charge in [-0.05, 0) is 49.4 Å². The highest BCUT2D eigenvalue weighted by atomic mass is 35.5. The average molecular weight is 416 g/mol. The van der Waals surface area contributed by atoms with Crippen molar-refractivity contribution in [3.05, 3.63) is 70.0 Å². The van der Waals surface area contributed by atoms with Crippen LogP contribution in [0.25, 0.3) is 5.69 Å². The largest absolute Gasteiger partial charge is 0.368 e. The van der Waals surface area contributed by atoms with E-state index in [1.165, 1.54) is 0 Å². The zero-order chi connectivity index (χ0) is 19.7. The van der Waals surface area contributed by atoms with Crippen molar-refractivity contribution in [1.82, 2.24) is 19.9 Å². The van der Waals surface area contributed by atoms with Crippen LogP contribution >= 0.6 is 23.2 Å². The maximum atomic E-state index is 13.0. The number of nitrogens with zero attached hydrogens (tertiary/aromatic N) is 5. The number of carbonyl (C=O) groups is 1. The van der Waals surface area contributed by atoms with E-state index < -0.39 is 0 Å². The molecule has 28 heavy (non-hydrogen) atoms. The van der Waals surface area contributed by atoms with Gasteiger partial charge in [-0.1, -0.05) is 34.5 Å². The Bertz CT molecular complexity index is 994. The molecule has 1 fully saturated rings. The van der Waals surface area contributed by atoms with Gasteiger partial charge in [-0.25, -0.2) is 4.68 Å². The third-order valence-electron chi connectivity index (χ3n) is 4.91. The Kier molecular flexibility index (Phi) is 5.24. The molecule has 0 spiro atoms. The predicted molar refractivity (Wildman–Crippen MR) is 111 cm³/mol. The predicted octanol–water partition coefficient (Wildman–Crippen LogP) is 3.84. The maximum Gasteiger partial charge on any atom is 0.276 e. The number of hydrogen-bond acceptors (Lipinski definition) is 4. The standard InChI is InChI=1S/C20H19Cl2N5O/c1-14-19(23-24-27(14)17-7-5-15(21)6-8-17)20(28)26-11-9-25(10-12-26)18-4-2-3-16(22)13-18/h2-8,13H,9-12H2,1H3. The first kappa shape index (κ1) is 18.8. The first-order valence-corrected chi connectivity index (χ1v) is 9.76. The number of rotatable bonds is 3. The number of hydrogen-bond donors (Lipinski definition) is 0. The maximum absolute atomic E-state index is 13.0. The molecule has 1 amide bonds. The van der Waals surface area contributed by atoms with Crippen LogP contribution in [-0.4, -0.2) is 52.0 Å². The van der Waals surface area contributed by atoms with E-state index in [0.29, 0.717) is 34.5 Å². The summed E-state index contributed by atoms with van der Waals surface area (Å²) in [5.41, 5.74) is 2.99. The summed E-state index contributed by atoms with van der Waals surface area (Å²) in [6.45, 7) is 4.59. The minimum atomic E-state index is -0.0940. The zero-order valence-electron chi connectivity index (χ0n) is 15.3. The molecule has 2 aromatic carbocycles. The summed E-state index contributed by atoms with van der Waals surface area (Å²) in [5, 5.41) is 9.65. The monoisotopic (exact) mass is 415 g/mol. The minimum absolute atomic E-state index is 0.0940. The van der Waals surface area contributed by atoms with Crippen molar-refractivity contribution in [2.75, 3.05) is 31.1 Å². The molecule has 8 heteroatoms. The summed E-state index contributed by atoms with van der Waals surface area (Å²) in [4.78, 5) is 17.0. The molecule has 0 atom stereocenters. The van der Waals surface area contributed by atoms with E-state index >= 15 is 0 Å². The topological polar surface area (TPSA) is 54.3 Å². The normalized spacial score (nSPS) is 14.4. The molecule has 0 radical (unpaired) electrons. The van der Waals surface area contributed by atoms with Gasteiger partial charge >= 0.3 is 0 Å². The van der Waals surface area contributed by atoms with Gasteiger partial charge in [0.2, 0.25) is 0 Å². The van der Waals surface area contributed by atoms with E-state index in [-0.39, 0.29) is 5.91 Å². The molecular weight excluding hydrogens is 397 g/mol. The smallest absolute Gasteiger partial charge is 0.276 e. The number of anilines is 1. The van der Waals surface area contributed by atoms with E-state index in [0.717, 1.165) is 24.5 Å². The molecule has 0 unspecified atom stereocenters. The molecule has 0 bridgehead atoms. The lowest BCUT2D eigenvalue weighted by molar-refractivity contribution is 0.0740. The summed E-state index contributed by atoms with van der Waals surface area (Å²) in [6.07, 6.45) is 0. The van der Waals surface area contributed by atoms with Crippen LogP contribution in [0.3, 0.4) is 0 Å². The van der Waals surface area contributed by atoms with Crippen LogP contribution in [-0.2, 0) is 0 Å². The number of aromatic nitrogens is 3.